The number of piperidine rings is 1. The van der Waals surface area contributed by atoms with Gasteiger partial charge in [0.1, 0.15) is 23.2 Å². The smallest absolute Gasteiger partial charge is 0.224 e. The third-order valence-corrected chi connectivity index (χ3v) is 5.58. The number of halogens is 1. The number of aromatic nitrogens is 1. The van der Waals surface area contributed by atoms with Crippen LogP contribution in [0.4, 0.5) is 15.9 Å². The molecule has 1 fully saturated rings. The van der Waals surface area contributed by atoms with Crippen molar-refractivity contribution in [2.75, 3.05) is 23.3 Å². The molecular weight excluding hydrogens is 411 g/mol. The van der Waals surface area contributed by atoms with Crippen LogP contribution in [0.5, 0.6) is 0 Å². The monoisotopic (exact) mass is 436 g/mol. The number of nitrogens with one attached hydrogen (secondary N) is 1. The third-order valence-electron chi connectivity index (χ3n) is 5.58. The molecule has 1 aliphatic rings. The van der Waals surface area contributed by atoms with Crippen molar-refractivity contribution in [3.05, 3.63) is 66.3 Å². The molecule has 0 aliphatic carbocycles. The maximum atomic E-state index is 13.9. The van der Waals surface area contributed by atoms with Gasteiger partial charge in [-0.2, -0.15) is 0 Å². The van der Waals surface area contributed by atoms with Gasteiger partial charge in [-0.15, -0.1) is 0 Å². The van der Waals surface area contributed by atoms with E-state index in [1.165, 1.54) is 6.07 Å². The summed E-state index contributed by atoms with van der Waals surface area (Å²) in [6.45, 7) is 1.38. The number of nitrogens with zero attached hydrogens (tertiary/aromatic N) is 2. The second kappa shape index (κ2) is 9.64. The molecule has 8 heteroatoms. The third kappa shape index (κ3) is 5.14. The standard InChI is InChI=1S/C24H25FN4O3/c25-20-6-2-1-5-19(20)21-10-8-18(32-21)9-12-23(30)28-17-7-11-22(27-14-17)29-13-3-4-16(15-29)24(26)31/h1-2,5-8,10-11,14,16H,3-4,9,12-13,15H2,(H2,26,31)(H,28,30). The summed E-state index contributed by atoms with van der Waals surface area (Å²) in [5.41, 5.74) is 6.42. The molecule has 1 aliphatic heterocycles. The van der Waals surface area contributed by atoms with E-state index in [4.69, 9.17) is 10.2 Å². The molecule has 166 valence electrons. The maximum Gasteiger partial charge on any atom is 0.224 e. The van der Waals surface area contributed by atoms with Crippen molar-refractivity contribution in [3.63, 3.8) is 0 Å². The molecule has 1 aromatic carbocycles. The molecule has 0 radical (unpaired) electrons. The minimum absolute atomic E-state index is 0.162. The van der Waals surface area contributed by atoms with Crippen molar-refractivity contribution in [1.82, 2.24) is 4.98 Å². The van der Waals surface area contributed by atoms with E-state index in [0.29, 0.717) is 35.7 Å². The normalized spacial score (nSPS) is 16.0. The molecular formula is C24H25FN4O3. The first-order valence-corrected chi connectivity index (χ1v) is 10.6. The summed E-state index contributed by atoms with van der Waals surface area (Å²) in [5.74, 6) is 0.842. The largest absolute Gasteiger partial charge is 0.461 e. The Bertz CT molecular complexity index is 1100. The first-order valence-electron chi connectivity index (χ1n) is 10.6. The number of hydrogen-bond donors (Lipinski definition) is 2. The summed E-state index contributed by atoms with van der Waals surface area (Å²) >= 11 is 0. The number of hydrogen-bond acceptors (Lipinski definition) is 5. The van der Waals surface area contributed by atoms with E-state index in [1.807, 2.05) is 11.0 Å². The van der Waals surface area contributed by atoms with Crippen LogP contribution in [0.15, 0.2) is 59.1 Å². The molecule has 1 unspecified atom stereocenters. The predicted octanol–water partition coefficient (Wildman–Crippen LogP) is 3.75. The highest BCUT2D eigenvalue weighted by Gasteiger charge is 2.24. The van der Waals surface area contributed by atoms with E-state index >= 15 is 0 Å². The quantitative estimate of drug-likeness (QED) is 0.587. The van der Waals surface area contributed by atoms with Gasteiger partial charge in [0.2, 0.25) is 11.8 Å². The molecule has 32 heavy (non-hydrogen) atoms. The van der Waals surface area contributed by atoms with Gasteiger partial charge in [0.25, 0.3) is 0 Å². The highest BCUT2D eigenvalue weighted by Crippen LogP contribution is 2.26. The first-order chi connectivity index (χ1) is 15.5. The summed E-state index contributed by atoms with van der Waals surface area (Å²) < 4.78 is 19.6. The van der Waals surface area contributed by atoms with Crippen LogP contribution < -0.4 is 16.0 Å². The summed E-state index contributed by atoms with van der Waals surface area (Å²) in [7, 11) is 0. The molecule has 1 atom stereocenters. The number of primary amides is 1. The summed E-state index contributed by atoms with van der Waals surface area (Å²) in [5, 5.41) is 2.82. The SMILES string of the molecule is NC(=O)C1CCCN(c2ccc(NC(=O)CCc3ccc(-c4ccccc4F)o3)cn2)C1. The Morgan fingerprint density at radius 1 is 1.19 bits per heavy atom. The Labute approximate surface area is 185 Å². The van der Waals surface area contributed by atoms with Crippen molar-refractivity contribution in [2.45, 2.75) is 25.7 Å². The summed E-state index contributed by atoms with van der Waals surface area (Å²) in [6, 6.07) is 13.5. The fourth-order valence-electron chi connectivity index (χ4n) is 3.84. The second-order valence-electron chi connectivity index (χ2n) is 7.89. The lowest BCUT2D eigenvalue weighted by atomic mass is 9.97. The van der Waals surface area contributed by atoms with E-state index in [1.54, 1.807) is 42.6 Å². The van der Waals surface area contributed by atoms with Crippen LogP contribution in [0.25, 0.3) is 11.3 Å². The Kier molecular flexibility index (Phi) is 6.49. The minimum atomic E-state index is -0.350. The number of carbonyl (C=O) groups is 2. The summed E-state index contributed by atoms with van der Waals surface area (Å²) in [4.78, 5) is 30.2. The Morgan fingerprint density at radius 2 is 2.03 bits per heavy atom. The van der Waals surface area contributed by atoms with Gasteiger partial charge in [-0.1, -0.05) is 12.1 Å². The van der Waals surface area contributed by atoms with Crippen LogP contribution in [0.2, 0.25) is 0 Å². The lowest BCUT2D eigenvalue weighted by molar-refractivity contribution is -0.122. The number of carbonyl (C=O) groups excluding carboxylic acids is 2. The number of amides is 2. The molecule has 1 saturated heterocycles. The fourth-order valence-corrected chi connectivity index (χ4v) is 3.84. The molecule has 0 bridgehead atoms. The van der Waals surface area contributed by atoms with Crippen LogP contribution in [-0.4, -0.2) is 29.9 Å². The molecule has 0 saturated carbocycles. The zero-order valence-corrected chi connectivity index (χ0v) is 17.6. The van der Waals surface area contributed by atoms with Crippen molar-refractivity contribution >= 4 is 23.3 Å². The average Bonchev–Trinajstić information content (AvgIpc) is 3.27. The summed E-state index contributed by atoms with van der Waals surface area (Å²) in [6.07, 6.45) is 3.91. The van der Waals surface area contributed by atoms with E-state index in [9.17, 15) is 14.0 Å². The van der Waals surface area contributed by atoms with Gasteiger partial charge in [-0.05, 0) is 49.2 Å². The topological polar surface area (TPSA) is 101 Å². The second-order valence-corrected chi connectivity index (χ2v) is 7.89. The van der Waals surface area contributed by atoms with E-state index in [-0.39, 0.29) is 30.0 Å². The number of benzene rings is 1. The number of furan rings is 1. The van der Waals surface area contributed by atoms with Gasteiger partial charge in [0, 0.05) is 25.9 Å². The van der Waals surface area contributed by atoms with Gasteiger partial charge < -0.3 is 20.4 Å². The zero-order chi connectivity index (χ0) is 22.5. The van der Waals surface area contributed by atoms with Crippen molar-refractivity contribution in [3.8, 4) is 11.3 Å². The van der Waals surface area contributed by atoms with E-state index < -0.39 is 0 Å². The minimum Gasteiger partial charge on any atom is -0.461 e. The van der Waals surface area contributed by atoms with Crippen LogP contribution in [-0.2, 0) is 16.0 Å². The van der Waals surface area contributed by atoms with Crippen molar-refractivity contribution < 1.29 is 18.4 Å². The molecule has 3 aromatic rings. The average molecular weight is 436 g/mol. The van der Waals surface area contributed by atoms with Crippen LogP contribution >= 0.6 is 0 Å². The zero-order valence-electron chi connectivity index (χ0n) is 17.6. The van der Waals surface area contributed by atoms with Gasteiger partial charge in [0.15, 0.2) is 0 Å². The van der Waals surface area contributed by atoms with Gasteiger partial charge >= 0.3 is 0 Å². The molecule has 3 heterocycles. The molecule has 2 aromatic heterocycles. The molecule has 3 N–H and O–H groups in total. The van der Waals surface area contributed by atoms with Gasteiger partial charge in [-0.3, -0.25) is 9.59 Å². The van der Waals surface area contributed by atoms with Crippen LogP contribution in [0, 0.1) is 11.7 Å². The molecule has 7 nitrogen and oxygen atoms in total. The predicted molar refractivity (Wildman–Crippen MR) is 119 cm³/mol. The Hall–Kier alpha value is -3.68. The number of aryl methyl sites for hydroxylation is 1. The highest BCUT2D eigenvalue weighted by molar-refractivity contribution is 5.90. The van der Waals surface area contributed by atoms with Crippen LogP contribution in [0.1, 0.15) is 25.0 Å². The van der Waals surface area contributed by atoms with Crippen molar-refractivity contribution in [1.29, 1.82) is 0 Å². The Morgan fingerprint density at radius 3 is 2.78 bits per heavy atom. The fraction of sp³-hybridized carbons (Fsp3) is 0.292. The molecule has 2 amide bonds. The number of rotatable bonds is 7. The number of pyridine rings is 1. The van der Waals surface area contributed by atoms with Gasteiger partial charge in [-0.25, -0.2) is 9.37 Å². The van der Waals surface area contributed by atoms with E-state index in [0.717, 1.165) is 25.2 Å². The Balaban J connectivity index is 1.29. The highest BCUT2D eigenvalue weighted by atomic mass is 19.1. The molecule has 4 rings (SSSR count). The van der Waals surface area contributed by atoms with Gasteiger partial charge in [0.05, 0.1) is 23.4 Å². The van der Waals surface area contributed by atoms with Crippen molar-refractivity contribution in [2.24, 2.45) is 11.7 Å². The lowest BCUT2D eigenvalue weighted by Crippen LogP contribution is -2.41. The first kappa shape index (κ1) is 21.5. The van der Waals surface area contributed by atoms with Crippen LogP contribution in [0.3, 0.4) is 0 Å². The number of nitrogens with two attached hydrogens (primary N) is 1. The molecule has 0 spiro atoms. The lowest BCUT2D eigenvalue weighted by Gasteiger charge is -2.32. The maximum absolute atomic E-state index is 13.9. The number of anilines is 2. The van der Waals surface area contributed by atoms with E-state index in [2.05, 4.69) is 10.3 Å².